The summed E-state index contributed by atoms with van der Waals surface area (Å²) < 4.78 is 0. The summed E-state index contributed by atoms with van der Waals surface area (Å²) in [5, 5.41) is 0. The van der Waals surface area contributed by atoms with E-state index in [9.17, 15) is 0 Å². The third kappa shape index (κ3) is 6.27. The first kappa shape index (κ1) is 17.0. The highest BCUT2D eigenvalue weighted by Gasteiger charge is 2.32. The van der Waals surface area contributed by atoms with Gasteiger partial charge in [0.2, 0.25) is 0 Å². The lowest BCUT2D eigenvalue weighted by Crippen LogP contribution is -2.36. The highest BCUT2D eigenvalue weighted by Crippen LogP contribution is 2.34. The van der Waals surface area contributed by atoms with Crippen LogP contribution in [0, 0.1) is 11.8 Å². The molecular weight excluding hydrogens is 236 g/mol. The number of unbranched alkanes of at least 4 members (excludes halogenated alkanes) is 1. The smallest absolute Gasteiger partial charge is 0.101 e. The fourth-order valence-corrected chi connectivity index (χ4v) is 3.05. The fraction of sp³-hybridized carbons (Fsp3) is 1.00. The van der Waals surface area contributed by atoms with Gasteiger partial charge in [-0.3, -0.25) is 0 Å². The van der Waals surface area contributed by atoms with Gasteiger partial charge < -0.3 is 0 Å². The lowest BCUT2D eigenvalue weighted by Gasteiger charge is -2.35. The van der Waals surface area contributed by atoms with Crippen molar-refractivity contribution < 1.29 is 9.78 Å². The van der Waals surface area contributed by atoms with Gasteiger partial charge in [-0.25, -0.2) is 9.78 Å². The van der Waals surface area contributed by atoms with E-state index in [1.807, 2.05) is 0 Å². The van der Waals surface area contributed by atoms with Gasteiger partial charge in [0.1, 0.15) is 5.60 Å². The van der Waals surface area contributed by atoms with E-state index in [0.717, 1.165) is 6.61 Å². The van der Waals surface area contributed by atoms with Crippen LogP contribution >= 0.6 is 0 Å². The summed E-state index contributed by atoms with van der Waals surface area (Å²) in [4.78, 5) is 11.4. The molecule has 1 fully saturated rings. The molecule has 1 aliphatic rings. The molecule has 1 saturated carbocycles. The average molecular weight is 270 g/mol. The number of hydrogen-bond acceptors (Lipinski definition) is 2. The topological polar surface area (TPSA) is 18.5 Å². The van der Waals surface area contributed by atoms with Crippen LogP contribution in [-0.2, 0) is 9.78 Å². The molecule has 2 nitrogen and oxygen atoms in total. The maximum atomic E-state index is 5.78. The van der Waals surface area contributed by atoms with Crippen molar-refractivity contribution in [3.63, 3.8) is 0 Å². The van der Waals surface area contributed by atoms with E-state index in [1.54, 1.807) is 0 Å². The minimum absolute atomic E-state index is 0.122. The Morgan fingerprint density at radius 1 is 1.11 bits per heavy atom. The van der Waals surface area contributed by atoms with E-state index in [0.29, 0.717) is 11.8 Å². The van der Waals surface area contributed by atoms with Crippen LogP contribution in [-0.4, -0.2) is 12.2 Å². The van der Waals surface area contributed by atoms with E-state index in [2.05, 4.69) is 27.7 Å². The Bertz CT molecular complexity index is 219. The monoisotopic (exact) mass is 270 g/mol. The molecule has 0 bridgehead atoms. The molecule has 0 saturated heterocycles. The third-order valence-electron chi connectivity index (χ3n) is 4.71. The molecule has 0 amide bonds. The molecule has 114 valence electrons. The van der Waals surface area contributed by atoms with Gasteiger partial charge in [0.25, 0.3) is 0 Å². The molecule has 1 atom stereocenters. The summed E-state index contributed by atoms with van der Waals surface area (Å²) in [6.45, 7) is 9.63. The van der Waals surface area contributed by atoms with Crippen LogP contribution in [0.2, 0.25) is 0 Å². The maximum Gasteiger partial charge on any atom is 0.101 e. The summed E-state index contributed by atoms with van der Waals surface area (Å²) in [6, 6.07) is 0. The van der Waals surface area contributed by atoms with Crippen LogP contribution < -0.4 is 0 Å². The first-order valence-corrected chi connectivity index (χ1v) is 8.40. The minimum Gasteiger partial charge on any atom is -0.236 e. The van der Waals surface area contributed by atoms with Gasteiger partial charge in [-0.15, -0.1) is 0 Å². The molecule has 0 aromatic heterocycles. The lowest BCUT2D eigenvalue weighted by atomic mass is 9.79. The highest BCUT2D eigenvalue weighted by molar-refractivity contribution is 4.81. The van der Waals surface area contributed by atoms with Gasteiger partial charge >= 0.3 is 0 Å². The van der Waals surface area contributed by atoms with Crippen molar-refractivity contribution in [3.05, 3.63) is 0 Å². The quantitative estimate of drug-likeness (QED) is 0.406. The molecule has 0 aromatic carbocycles. The summed E-state index contributed by atoms with van der Waals surface area (Å²) in [5.74, 6) is 1.32. The van der Waals surface area contributed by atoms with Crippen molar-refractivity contribution in [2.75, 3.05) is 6.61 Å². The second kappa shape index (κ2) is 8.97. The normalized spacial score (nSPS) is 19.6. The van der Waals surface area contributed by atoms with Gasteiger partial charge in [-0.2, -0.15) is 0 Å². The van der Waals surface area contributed by atoms with Crippen LogP contribution in [0.15, 0.2) is 0 Å². The Labute approximate surface area is 120 Å². The molecule has 1 aliphatic carbocycles. The van der Waals surface area contributed by atoms with E-state index >= 15 is 0 Å². The molecule has 0 radical (unpaired) electrons. The highest BCUT2D eigenvalue weighted by atomic mass is 17.2. The van der Waals surface area contributed by atoms with Crippen LogP contribution in [0.5, 0.6) is 0 Å². The van der Waals surface area contributed by atoms with E-state index in [4.69, 9.17) is 9.78 Å². The van der Waals surface area contributed by atoms with Crippen molar-refractivity contribution in [1.82, 2.24) is 0 Å². The van der Waals surface area contributed by atoms with Crippen molar-refractivity contribution in [1.29, 1.82) is 0 Å². The minimum atomic E-state index is -0.122. The Hall–Kier alpha value is -0.0800. The third-order valence-corrected chi connectivity index (χ3v) is 4.71. The largest absolute Gasteiger partial charge is 0.236 e. The van der Waals surface area contributed by atoms with Crippen molar-refractivity contribution in [2.24, 2.45) is 11.8 Å². The van der Waals surface area contributed by atoms with E-state index in [1.165, 1.54) is 57.8 Å². The zero-order valence-electron chi connectivity index (χ0n) is 13.5. The van der Waals surface area contributed by atoms with Gasteiger partial charge in [0.05, 0.1) is 6.61 Å². The van der Waals surface area contributed by atoms with Crippen molar-refractivity contribution in [2.45, 2.75) is 91.1 Å². The van der Waals surface area contributed by atoms with Gasteiger partial charge in [0, 0.05) is 0 Å². The van der Waals surface area contributed by atoms with E-state index < -0.39 is 0 Å². The molecule has 0 aliphatic heterocycles. The second-order valence-electron chi connectivity index (χ2n) is 6.72. The molecule has 0 spiro atoms. The Kier molecular flexibility index (Phi) is 8.01. The van der Waals surface area contributed by atoms with Gasteiger partial charge in [0.15, 0.2) is 0 Å². The summed E-state index contributed by atoms with van der Waals surface area (Å²) in [7, 11) is 0. The van der Waals surface area contributed by atoms with E-state index in [-0.39, 0.29) is 5.60 Å². The van der Waals surface area contributed by atoms with Gasteiger partial charge in [-0.05, 0) is 44.9 Å². The number of rotatable bonds is 9. The number of hydrogen-bond donors (Lipinski definition) is 0. The molecule has 0 aromatic rings. The first-order chi connectivity index (χ1) is 9.10. The molecule has 1 rings (SSSR count). The molecule has 1 unspecified atom stereocenters. The van der Waals surface area contributed by atoms with Crippen LogP contribution in [0.1, 0.15) is 85.5 Å². The SMILES string of the molecule is CCCCC(CC)COOC(C)(C)C1CCCCC1. The molecule has 2 heteroatoms. The second-order valence-corrected chi connectivity index (χ2v) is 6.72. The molecule has 0 N–H and O–H groups in total. The van der Waals surface area contributed by atoms with Crippen LogP contribution in [0.4, 0.5) is 0 Å². The van der Waals surface area contributed by atoms with Crippen molar-refractivity contribution >= 4 is 0 Å². The summed E-state index contributed by atoms with van der Waals surface area (Å²) >= 11 is 0. The first-order valence-electron chi connectivity index (χ1n) is 8.40. The Morgan fingerprint density at radius 2 is 1.79 bits per heavy atom. The zero-order valence-corrected chi connectivity index (χ0v) is 13.5. The molecule has 19 heavy (non-hydrogen) atoms. The van der Waals surface area contributed by atoms with Crippen molar-refractivity contribution in [3.8, 4) is 0 Å². The van der Waals surface area contributed by atoms with Crippen LogP contribution in [0.25, 0.3) is 0 Å². The summed E-state index contributed by atoms with van der Waals surface area (Å²) in [5.41, 5.74) is -0.122. The predicted molar refractivity (Wildman–Crippen MR) is 81.0 cm³/mol. The summed E-state index contributed by atoms with van der Waals surface area (Å²) in [6.07, 6.45) is 11.7. The lowest BCUT2D eigenvalue weighted by molar-refractivity contribution is -0.370. The average Bonchev–Trinajstić information content (AvgIpc) is 2.43. The maximum absolute atomic E-state index is 5.78. The Morgan fingerprint density at radius 3 is 2.37 bits per heavy atom. The van der Waals surface area contributed by atoms with Gasteiger partial charge in [-0.1, -0.05) is 52.4 Å². The Balaban J connectivity index is 2.25. The molecule has 0 heterocycles. The fourth-order valence-electron chi connectivity index (χ4n) is 3.05. The molecular formula is C17H34O2. The van der Waals surface area contributed by atoms with Crippen LogP contribution in [0.3, 0.4) is 0 Å². The zero-order chi connectivity index (χ0) is 14.1. The predicted octanol–water partition coefficient (Wildman–Crippen LogP) is 5.51. The standard InChI is InChI=1S/C17H34O2/c1-5-7-11-15(6-2)14-18-19-17(3,4)16-12-9-8-10-13-16/h15-16H,5-14H2,1-4H3.